The molecule has 0 heterocycles. The summed E-state index contributed by atoms with van der Waals surface area (Å²) in [6.07, 6.45) is 0. The van der Waals surface area contributed by atoms with Crippen LogP contribution in [0.25, 0.3) is 0 Å². The maximum absolute atomic E-state index is 13.4. The second-order valence-electron chi connectivity index (χ2n) is 5.10. The highest BCUT2D eigenvalue weighted by atomic mass is 19.1. The summed E-state index contributed by atoms with van der Waals surface area (Å²) in [7, 11) is 1.93. The molecular weight excluding hydrogens is 227 g/mol. The van der Waals surface area contributed by atoms with Crippen LogP contribution in [-0.2, 0) is 0 Å². The molecule has 0 saturated carbocycles. The fourth-order valence-corrected chi connectivity index (χ4v) is 2.84. The molecule has 102 valence electrons. The Morgan fingerprint density at radius 2 is 1.89 bits per heavy atom. The van der Waals surface area contributed by atoms with Crippen LogP contribution in [0, 0.1) is 5.82 Å². The lowest BCUT2D eigenvalue weighted by molar-refractivity contribution is 0.0943. The van der Waals surface area contributed by atoms with Gasteiger partial charge in [-0.3, -0.25) is 4.90 Å². The van der Waals surface area contributed by atoms with Crippen molar-refractivity contribution in [3.8, 4) is 0 Å². The van der Waals surface area contributed by atoms with Crippen LogP contribution in [0.15, 0.2) is 24.3 Å². The zero-order valence-corrected chi connectivity index (χ0v) is 12.1. The monoisotopic (exact) mass is 252 g/mol. The minimum atomic E-state index is -0.178. The summed E-state index contributed by atoms with van der Waals surface area (Å²) in [5.41, 5.74) is 0.931. The fourth-order valence-electron chi connectivity index (χ4n) is 2.84. The highest BCUT2D eigenvalue weighted by Crippen LogP contribution is 2.30. The zero-order valence-electron chi connectivity index (χ0n) is 12.1. The van der Waals surface area contributed by atoms with Crippen molar-refractivity contribution in [3.63, 3.8) is 0 Å². The SMILES string of the molecule is CCN(CC)C(C)(C)C(NC)c1cccc(F)c1. The van der Waals surface area contributed by atoms with E-state index in [1.807, 2.05) is 13.1 Å². The van der Waals surface area contributed by atoms with Gasteiger partial charge < -0.3 is 5.32 Å². The first-order valence-corrected chi connectivity index (χ1v) is 6.65. The Bertz CT molecular complexity index is 373. The van der Waals surface area contributed by atoms with Crippen molar-refractivity contribution >= 4 is 0 Å². The lowest BCUT2D eigenvalue weighted by atomic mass is 9.87. The number of hydrogen-bond donors (Lipinski definition) is 1. The average molecular weight is 252 g/mol. The number of nitrogens with one attached hydrogen (secondary N) is 1. The van der Waals surface area contributed by atoms with Crippen molar-refractivity contribution < 1.29 is 4.39 Å². The van der Waals surface area contributed by atoms with Gasteiger partial charge >= 0.3 is 0 Å². The molecule has 3 heteroatoms. The molecule has 0 aromatic heterocycles. The number of likely N-dealkylation sites (N-methyl/N-ethyl adjacent to an activating group) is 2. The molecule has 0 saturated heterocycles. The van der Waals surface area contributed by atoms with Crippen LogP contribution in [0.4, 0.5) is 4.39 Å². The minimum absolute atomic E-state index is 0.0634. The van der Waals surface area contributed by atoms with Gasteiger partial charge in [-0.05, 0) is 51.7 Å². The van der Waals surface area contributed by atoms with Gasteiger partial charge in [-0.1, -0.05) is 26.0 Å². The third-order valence-corrected chi connectivity index (χ3v) is 3.76. The van der Waals surface area contributed by atoms with Crippen LogP contribution >= 0.6 is 0 Å². The van der Waals surface area contributed by atoms with Crippen molar-refractivity contribution in [2.24, 2.45) is 0 Å². The van der Waals surface area contributed by atoms with Gasteiger partial charge in [-0.2, -0.15) is 0 Å². The second kappa shape index (κ2) is 6.30. The number of halogens is 1. The van der Waals surface area contributed by atoms with Crippen LogP contribution in [0.2, 0.25) is 0 Å². The number of hydrogen-bond acceptors (Lipinski definition) is 2. The lowest BCUT2D eigenvalue weighted by Gasteiger charge is -2.43. The molecule has 0 fully saturated rings. The number of rotatable bonds is 6. The minimum Gasteiger partial charge on any atom is -0.311 e. The van der Waals surface area contributed by atoms with E-state index < -0.39 is 0 Å². The van der Waals surface area contributed by atoms with E-state index in [2.05, 4.69) is 37.9 Å². The molecule has 2 nitrogen and oxygen atoms in total. The van der Waals surface area contributed by atoms with Crippen molar-refractivity contribution in [1.82, 2.24) is 10.2 Å². The van der Waals surface area contributed by atoms with Crippen LogP contribution in [0.3, 0.4) is 0 Å². The molecule has 1 N–H and O–H groups in total. The van der Waals surface area contributed by atoms with E-state index in [-0.39, 0.29) is 17.4 Å². The van der Waals surface area contributed by atoms with E-state index in [9.17, 15) is 4.39 Å². The van der Waals surface area contributed by atoms with Gasteiger partial charge in [0.2, 0.25) is 0 Å². The van der Waals surface area contributed by atoms with Crippen LogP contribution < -0.4 is 5.32 Å². The van der Waals surface area contributed by atoms with Crippen molar-refractivity contribution in [1.29, 1.82) is 0 Å². The molecule has 0 aliphatic carbocycles. The summed E-state index contributed by atoms with van der Waals surface area (Å²) in [6, 6.07) is 6.96. The topological polar surface area (TPSA) is 15.3 Å². The van der Waals surface area contributed by atoms with Crippen molar-refractivity contribution in [2.75, 3.05) is 20.1 Å². The molecule has 1 aromatic rings. The lowest BCUT2D eigenvalue weighted by Crippen LogP contribution is -2.51. The van der Waals surface area contributed by atoms with Gasteiger partial charge in [0, 0.05) is 11.6 Å². The average Bonchev–Trinajstić information content (AvgIpc) is 2.30. The van der Waals surface area contributed by atoms with Crippen molar-refractivity contribution in [3.05, 3.63) is 35.6 Å². The first-order chi connectivity index (χ1) is 8.47. The summed E-state index contributed by atoms with van der Waals surface area (Å²) in [5.74, 6) is -0.178. The molecule has 0 bridgehead atoms. The van der Waals surface area contributed by atoms with E-state index in [4.69, 9.17) is 0 Å². The van der Waals surface area contributed by atoms with E-state index in [1.165, 1.54) is 6.07 Å². The van der Waals surface area contributed by atoms with Crippen molar-refractivity contribution in [2.45, 2.75) is 39.3 Å². The normalized spacial score (nSPS) is 13.9. The predicted octanol–water partition coefficient (Wildman–Crippen LogP) is 3.21. The van der Waals surface area contributed by atoms with Gasteiger partial charge in [0.25, 0.3) is 0 Å². The molecule has 0 radical (unpaired) electrons. The van der Waals surface area contributed by atoms with E-state index in [0.29, 0.717) is 0 Å². The van der Waals surface area contributed by atoms with Gasteiger partial charge in [-0.15, -0.1) is 0 Å². The molecule has 0 amide bonds. The summed E-state index contributed by atoms with van der Waals surface area (Å²) >= 11 is 0. The Hall–Kier alpha value is -0.930. The summed E-state index contributed by atoms with van der Waals surface area (Å²) < 4.78 is 13.4. The Labute approximate surface area is 110 Å². The molecule has 0 spiro atoms. The molecule has 1 unspecified atom stereocenters. The summed E-state index contributed by atoms with van der Waals surface area (Å²) in [6.45, 7) is 10.7. The van der Waals surface area contributed by atoms with Gasteiger partial charge in [0.05, 0.1) is 0 Å². The van der Waals surface area contributed by atoms with E-state index >= 15 is 0 Å². The van der Waals surface area contributed by atoms with E-state index in [0.717, 1.165) is 18.7 Å². The van der Waals surface area contributed by atoms with Gasteiger partial charge in [0.1, 0.15) is 5.82 Å². The Morgan fingerprint density at radius 3 is 2.33 bits per heavy atom. The van der Waals surface area contributed by atoms with Crippen LogP contribution in [0.5, 0.6) is 0 Å². The standard InChI is InChI=1S/C15H25FN2/c1-6-18(7-2)15(3,4)14(17-5)12-9-8-10-13(16)11-12/h8-11,14,17H,6-7H2,1-5H3. The second-order valence-corrected chi connectivity index (χ2v) is 5.10. The zero-order chi connectivity index (χ0) is 13.8. The first kappa shape index (κ1) is 15.1. The molecule has 18 heavy (non-hydrogen) atoms. The Morgan fingerprint density at radius 1 is 1.28 bits per heavy atom. The number of nitrogens with zero attached hydrogens (tertiary/aromatic N) is 1. The quantitative estimate of drug-likeness (QED) is 0.836. The molecule has 1 aromatic carbocycles. The van der Waals surface area contributed by atoms with Crippen LogP contribution in [-0.4, -0.2) is 30.6 Å². The summed E-state index contributed by atoms with van der Waals surface area (Å²) in [5, 5.41) is 3.33. The highest BCUT2D eigenvalue weighted by Gasteiger charge is 2.34. The third-order valence-electron chi connectivity index (χ3n) is 3.76. The van der Waals surface area contributed by atoms with Gasteiger partial charge in [-0.25, -0.2) is 4.39 Å². The molecule has 0 aliphatic rings. The predicted molar refractivity (Wildman–Crippen MR) is 75.2 cm³/mol. The Balaban J connectivity index is 3.08. The number of benzene rings is 1. The first-order valence-electron chi connectivity index (χ1n) is 6.65. The largest absolute Gasteiger partial charge is 0.311 e. The van der Waals surface area contributed by atoms with E-state index in [1.54, 1.807) is 12.1 Å². The smallest absolute Gasteiger partial charge is 0.123 e. The van der Waals surface area contributed by atoms with Gasteiger partial charge in [0.15, 0.2) is 0 Å². The maximum atomic E-state index is 13.4. The molecule has 1 atom stereocenters. The fraction of sp³-hybridized carbons (Fsp3) is 0.600. The highest BCUT2D eigenvalue weighted by molar-refractivity contribution is 5.23. The molecule has 0 aliphatic heterocycles. The maximum Gasteiger partial charge on any atom is 0.123 e. The molecule has 1 rings (SSSR count). The molecular formula is C15H25FN2. The summed E-state index contributed by atoms with van der Waals surface area (Å²) in [4.78, 5) is 2.39. The van der Waals surface area contributed by atoms with Crippen LogP contribution in [0.1, 0.15) is 39.3 Å². The Kier molecular flexibility index (Phi) is 5.29. The third kappa shape index (κ3) is 3.09.